The second kappa shape index (κ2) is 7.74. The number of nitrogens with zero attached hydrogens (tertiary/aromatic N) is 5. The van der Waals surface area contributed by atoms with Crippen LogP contribution < -0.4 is 5.32 Å². The molecule has 0 fully saturated rings. The zero-order chi connectivity index (χ0) is 21.3. The number of benzene rings is 1. The summed E-state index contributed by atoms with van der Waals surface area (Å²) in [5.74, 6) is 0.362. The molecule has 0 spiro atoms. The third-order valence-corrected chi connectivity index (χ3v) is 5.93. The van der Waals surface area contributed by atoms with E-state index in [9.17, 15) is 4.79 Å². The fraction of sp³-hybridized carbons (Fsp3) is 0.304. The quantitative estimate of drug-likeness (QED) is 0.513. The van der Waals surface area contributed by atoms with E-state index in [1.54, 1.807) is 27.7 Å². The van der Waals surface area contributed by atoms with Gasteiger partial charge in [-0.25, -0.2) is 14.2 Å². The van der Waals surface area contributed by atoms with Crippen molar-refractivity contribution in [2.45, 2.75) is 46.0 Å². The number of fused-ring (bicyclic) bond motifs is 1. The van der Waals surface area contributed by atoms with Gasteiger partial charge < -0.3 is 5.32 Å². The zero-order valence-corrected chi connectivity index (χ0v) is 17.8. The Bertz CT molecular complexity index is 1180. The number of rotatable bonds is 6. The van der Waals surface area contributed by atoms with Gasteiger partial charge >= 0.3 is 0 Å². The van der Waals surface area contributed by atoms with Gasteiger partial charge in [0.1, 0.15) is 11.4 Å². The van der Waals surface area contributed by atoms with E-state index in [2.05, 4.69) is 36.2 Å². The molecule has 0 unspecified atom stereocenters. The first-order valence-electron chi connectivity index (χ1n) is 10.2. The molecule has 3 aromatic heterocycles. The number of carbonyl (C=O) groups is 1. The lowest BCUT2D eigenvalue weighted by molar-refractivity contribution is 0.102. The summed E-state index contributed by atoms with van der Waals surface area (Å²) in [5, 5.41) is 12.1. The number of anilines is 1. The maximum absolute atomic E-state index is 13.1. The van der Waals surface area contributed by atoms with E-state index in [0.717, 1.165) is 24.2 Å². The molecule has 0 aliphatic carbocycles. The molecule has 0 saturated heterocycles. The van der Waals surface area contributed by atoms with Crippen molar-refractivity contribution < 1.29 is 4.79 Å². The lowest BCUT2D eigenvalue weighted by Crippen LogP contribution is -2.20. The van der Waals surface area contributed by atoms with Crippen LogP contribution in [0.25, 0.3) is 11.3 Å². The minimum atomic E-state index is -0.266. The number of amides is 1. The van der Waals surface area contributed by atoms with Crippen molar-refractivity contribution >= 4 is 17.4 Å². The van der Waals surface area contributed by atoms with Crippen LogP contribution in [0, 0.1) is 6.92 Å². The van der Waals surface area contributed by atoms with Crippen molar-refractivity contribution in [1.29, 1.82) is 0 Å². The molecule has 4 aromatic rings. The molecule has 1 amide bonds. The molecule has 0 bridgehead atoms. The maximum Gasteiger partial charge on any atom is 0.262 e. The Morgan fingerprint density at radius 3 is 2.60 bits per heavy atom. The molecule has 1 aromatic carbocycles. The summed E-state index contributed by atoms with van der Waals surface area (Å²) in [4.78, 5) is 17.4. The van der Waals surface area contributed by atoms with Gasteiger partial charge in [0.05, 0.1) is 17.6 Å². The lowest BCUT2D eigenvalue weighted by Gasteiger charge is -2.23. The highest BCUT2D eigenvalue weighted by Gasteiger charge is 2.28. The van der Waals surface area contributed by atoms with Gasteiger partial charge in [0, 0.05) is 23.9 Å². The van der Waals surface area contributed by atoms with E-state index >= 15 is 0 Å². The standard InChI is InChI=1S/C23H26N6O/c1-5-23(4,6-2)19-14-20(29(27-19)17-10-8-16(3)9-11-17)26-22(30)18-15-25-28-13-7-12-24-21(18)28/h7-15H,5-6H2,1-4H3,(H,26,30). The fourth-order valence-corrected chi connectivity index (χ4v) is 3.43. The first kappa shape index (κ1) is 19.8. The van der Waals surface area contributed by atoms with E-state index in [1.807, 2.05) is 37.3 Å². The average molecular weight is 403 g/mol. The molecule has 1 N–H and O–H groups in total. The molecule has 0 saturated carbocycles. The maximum atomic E-state index is 13.1. The topological polar surface area (TPSA) is 77.1 Å². The van der Waals surface area contributed by atoms with E-state index in [4.69, 9.17) is 5.10 Å². The Morgan fingerprint density at radius 1 is 1.17 bits per heavy atom. The van der Waals surface area contributed by atoms with Crippen molar-refractivity contribution in [2.75, 3.05) is 5.32 Å². The van der Waals surface area contributed by atoms with E-state index in [0.29, 0.717) is 17.0 Å². The molecule has 4 rings (SSSR count). The molecule has 3 heterocycles. The highest BCUT2D eigenvalue weighted by Crippen LogP contribution is 2.33. The Kier molecular flexibility index (Phi) is 5.11. The van der Waals surface area contributed by atoms with Crippen LogP contribution in [-0.2, 0) is 5.41 Å². The predicted octanol–water partition coefficient (Wildman–Crippen LogP) is 4.55. The summed E-state index contributed by atoms with van der Waals surface area (Å²) >= 11 is 0. The minimum absolute atomic E-state index is 0.0681. The molecule has 0 radical (unpaired) electrons. The Balaban J connectivity index is 1.76. The zero-order valence-electron chi connectivity index (χ0n) is 17.8. The van der Waals surface area contributed by atoms with Gasteiger partial charge in [-0.3, -0.25) is 4.79 Å². The molecule has 7 heteroatoms. The second-order valence-corrected chi connectivity index (χ2v) is 7.83. The Morgan fingerprint density at radius 2 is 1.90 bits per heavy atom. The van der Waals surface area contributed by atoms with Crippen LogP contribution in [0.4, 0.5) is 5.82 Å². The van der Waals surface area contributed by atoms with Crippen molar-refractivity contribution in [3.63, 3.8) is 0 Å². The second-order valence-electron chi connectivity index (χ2n) is 7.83. The molecule has 30 heavy (non-hydrogen) atoms. The van der Waals surface area contributed by atoms with Gasteiger partial charge in [-0.1, -0.05) is 38.5 Å². The van der Waals surface area contributed by atoms with E-state index in [-0.39, 0.29) is 11.3 Å². The van der Waals surface area contributed by atoms with E-state index in [1.165, 1.54) is 11.8 Å². The van der Waals surface area contributed by atoms with Crippen molar-refractivity contribution in [1.82, 2.24) is 24.4 Å². The molecule has 7 nitrogen and oxygen atoms in total. The molecular weight excluding hydrogens is 376 g/mol. The molecule has 0 atom stereocenters. The Hall–Kier alpha value is -3.48. The number of aromatic nitrogens is 5. The first-order chi connectivity index (χ1) is 14.4. The largest absolute Gasteiger partial charge is 0.306 e. The SMILES string of the molecule is CCC(C)(CC)c1cc(NC(=O)c2cnn3cccnc23)n(-c2ccc(C)cc2)n1. The van der Waals surface area contributed by atoms with Gasteiger partial charge in [0.15, 0.2) is 5.65 Å². The summed E-state index contributed by atoms with van der Waals surface area (Å²) in [7, 11) is 0. The van der Waals surface area contributed by atoms with Crippen molar-refractivity contribution in [2.24, 2.45) is 0 Å². The molecular formula is C23H26N6O. The third-order valence-electron chi connectivity index (χ3n) is 5.93. The normalized spacial score (nSPS) is 11.7. The fourth-order valence-electron chi connectivity index (χ4n) is 3.43. The molecule has 0 aliphatic heterocycles. The first-order valence-corrected chi connectivity index (χ1v) is 10.2. The third kappa shape index (κ3) is 3.47. The average Bonchev–Trinajstić information content (AvgIpc) is 3.38. The number of aryl methyl sites for hydroxylation is 1. The minimum Gasteiger partial charge on any atom is -0.306 e. The summed E-state index contributed by atoms with van der Waals surface area (Å²) in [6, 6.07) is 11.8. The smallest absolute Gasteiger partial charge is 0.262 e. The van der Waals surface area contributed by atoms with Gasteiger partial charge in [0.2, 0.25) is 0 Å². The number of nitrogens with one attached hydrogen (secondary N) is 1. The molecule has 154 valence electrons. The predicted molar refractivity (Wildman–Crippen MR) is 117 cm³/mol. The lowest BCUT2D eigenvalue weighted by atomic mass is 9.81. The summed E-state index contributed by atoms with van der Waals surface area (Å²) in [6.45, 7) is 8.58. The number of hydrogen-bond donors (Lipinski definition) is 1. The van der Waals surface area contributed by atoms with Crippen molar-refractivity contribution in [3.05, 3.63) is 71.8 Å². The van der Waals surface area contributed by atoms with Gasteiger partial charge in [-0.15, -0.1) is 0 Å². The number of carbonyl (C=O) groups excluding carboxylic acids is 1. The molecule has 0 aliphatic rings. The Labute approximate surface area is 175 Å². The van der Waals surface area contributed by atoms with Crippen LogP contribution in [-0.4, -0.2) is 30.3 Å². The van der Waals surface area contributed by atoms with Crippen molar-refractivity contribution in [3.8, 4) is 5.69 Å². The van der Waals surface area contributed by atoms with Crippen LogP contribution in [0.2, 0.25) is 0 Å². The van der Waals surface area contributed by atoms with Gasteiger partial charge in [-0.05, 0) is 38.0 Å². The summed E-state index contributed by atoms with van der Waals surface area (Å²) in [6.07, 6.45) is 6.87. The van der Waals surface area contributed by atoms with Crippen LogP contribution in [0.3, 0.4) is 0 Å². The summed E-state index contributed by atoms with van der Waals surface area (Å²) < 4.78 is 3.39. The van der Waals surface area contributed by atoms with Crippen LogP contribution in [0.1, 0.15) is 55.2 Å². The van der Waals surface area contributed by atoms with Crippen LogP contribution >= 0.6 is 0 Å². The van der Waals surface area contributed by atoms with Crippen LogP contribution in [0.15, 0.2) is 55.0 Å². The monoisotopic (exact) mass is 402 g/mol. The van der Waals surface area contributed by atoms with E-state index < -0.39 is 0 Å². The number of hydrogen-bond acceptors (Lipinski definition) is 4. The van der Waals surface area contributed by atoms with Crippen LogP contribution in [0.5, 0.6) is 0 Å². The highest BCUT2D eigenvalue weighted by atomic mass is 16.1. The van der Waals surface area contributed by atoms with Gasteiger partial charge in [-0.2, -0.15) is 10.2 Å². The van der Waals surface area contributed by atoms with Gasteiger partial charge in [0.25, 0.3) is 5.91 Å². The highest BCUT2D eigenvalue weighted by molar-refractivity contribution is 6.07. The summed E-state index contributed by atoms with van der Waals surface area (Å²) in [5.41, 5.74) is 3.89.